The highest BCUT2D eigenvalue weighted by atomic mass is 32.2. The van der Waals surface area contributed by atoms with Crippen LogP contribution in [0.25, 0.3) is 6.08 Å². The maximum Gasteiger partial charge on any atom is 0.236 e. The molecule has 0 aromatic heterocycles. The Morgan fingerprint density at radius 2 is 1.77 bits per heavy atom. The Bertz CT molecular complexity index is 873. The molecule has 0 spiro atoms. The lowest BCUT2D eigenvalue weighted by atomic mass is 10.0. The van der Waals surface area contributed by atoms with Crippen LogP contribution in [0.5, 0.6) is 0 Å². The van der Waals surface area contributed by atoms with E-state index in [9.17, 15) is 8.42 Å². The number of hydrogen-bond donors (Lipinski definition) is 0. The standard InChI is InChI=1S/C21H25NO2S2/c1-17-7-9-19(10-8-17)12-16-26(23,24)22-13-11-21(25-15-14-22)20-6-4-3-5-18(20)2/h3-10,12,16,21H,11,13-15H2,1-2H3/b16-12+. The molecule has 2 aromatic rings. The highest BCUT2D eigenvalue weighted by molar-refractivity contribution is 7.99. The summed E-state index contributed by atoms with van der Waals surface area (Å²) in [4.78, 5) is 0. The van der Waals surface area contributed by atoms with E-state index in [1.54, 1.807) is 10.4 Å². The van der Waals surface area contributed by atoms with Gasteiger partial charge in [0.05, 0.1) is 0 Å². The molecular weight excluding hydrogens is 362 g/mol. The Labute approximate surface area is 161 Å². The van der Waals surface area contributed by atoms with Gasteiger partial charge in [0.1, 0.15) is 0 Å². The van der Waals surface area contributed by atoms with Crippen LogP contribution in [-0.4, -0.2) is 31.6 Å². The molecule has 0 aliphatic carbocycles. The number of nitrogens with zero attached hydrogens (tertiary/aromatic N) is 1. The van der Waals surface area contributed by atoms with Gasteiger partial charge in [-0.1, -0.05) is 54.1 Å². The third-order valence-corrected chi connectivity index (χ3v) is 7.58. The zero-order chi connectivity index (χ0) is 18.6. The van der Waals surface area contributed by atoms with Crippen LogP contribution >= 0.6 is 11.8 Å². The van der Waals surface area contributed by atoms with Crippen LogP contribution in [0.15, 0.2) is 53.9 Å². The van der Waals surface area contributed by atoms with Crippen LogP contribution in [0.2, 0.25) is 0 Å². The molecule has 3 nitrogen and oxygen atoms in total. The second-order valence-electron chi connectivity index (χ2n) is 6.66. The summed E-state index contributed by atoms with van der Waals surface area (Å²) in [6.45, 7) is 5.27. The first-order chi connectivity index (χ1) is 12.5. The van der Waals surface area contributed by atoms with Crippen molar-refractivity contribution in [2.45, 2.75) is 25.5 Å². The summed E-state index contributed by atoms with van der Waals surface area (Å²) in [6, 6.07) is 16.2. The summed E-state index contributed by atoms with van der Waals surface area (Å²) < 4.78 is 27.1. The van der Waals surface area contributed by atoms with Crippen LogP contribution in [0.3, 0.4) is 0 Å². The summed E-state index contributed by atoms with van der Waals surface area (Å²) in [5, 5.41) is 1.70. The first kappa shape index (κ1) is 19.2. The molecule has 1 unspecified atom stereocenters. The van der Waals surface area contributed by atoms with E-state index in [4.69, 9.17) is 0 Å². The molecule has 1 aliphatic heterocycles. The molecule has 1 atom stereocenters. The highest BCUT2D eigenvalue weighted by Gasteiger charge is 2.25. The Hall–Kier alpha value is -1.56. The molecule has 1 saturated heterocycles. The van der Waals surface area contributed by atoms with Gasteiger partial charge in [0.15, 0.2) is 0 Å². The third kappa shape index (κ3) is 4.78. The van der Waals surface area contributed by atoms with Crippen LogP contribution in [0.1, 0.15) is 33.9 Å². The fourth-order valence-electron chi connectivity index (χ4n) is 3.13. The third-order valence-electron chi connectivity index (χ3n) is 4.71. The average Bonchev–Trinajstić information content (AvgIpc) is 2.88. The zero-order valence-electron chi connectivity index (χ0n) is 15.3. The summed E-state index contributed by atoms with van der Waals surface area (Å²) in [6.07, 6.45) is 2.53. The Morgan fingerprint density at radius 3 is 2.50 bits per heavy atom. The van der Waals surface area contributed by atoms with Crippen molar-refractivity contribution in [3.8, 4) is 0 Å². The first-order valence-electron chi connectivity index (χ1n) is 8.88. The second-order valence-corrected chi connectivity index (χ2v) is 9.79. The van der Waals surface area contributed by atoms with Crippen LogP contribution in [-0.2, 0) is 10.0 Å². The Balaban J connectivity index is 1.69. The lowest BCUT2D eigenvalue weighted by Crippen LogP contribution is -2.31. The van der Waals surface area contributed by atoms with Gasteiger partial charge in [0, 0.05) is 29.5 Å². The van der Waals surface area contributed by atoms with Crippen LogP contribution in [0.4, 0.5) is 0 Å². The highest BCUT2D eigenvalue weighted by Crippen LogP contribution is 2.36. The first-order valence-corrected chi connectivity index (χ1v) is 11.4. The van der Waals surface area contributed by atoms with Gasteiger partial charge in [-0.15, -0.1) is 0 Å². The van der Waals surface area contributed by atoms with Gasteiger partial charge in [-0.3, -0.25) is 0 Å². The topological polar surface area (TPSA) is 37.4 Å². The molecule has 0 bridgehead atoms. The van der Waals surface area contributed by atoms with Gasteiger partial charge in [0.2, 0.25) is 10.0 Å². The minimum absolute atomic E-state index is 0.359. The summed E-state index contributed by atoms with van der Waals surface area (Å²) in [5.74, 6) is 0.816. The number of hydrogen-bond acceptors (Lipinski definition) is 3. The van der Waals surface area contributed by atoms with Crippen molar-refractivity contribution in [3.63, 3.8) is 0 Å². The van der Waals surface area contributed by atoms with Crippen LogP contribution < -0.4 is 0 Å². The monoisotopic (exact) mass is 387 g/mol. The van der Waals surface area contributed by atoms with Gasteiger partial charge in [-0.25, -0.2) is 8.42 Å². The maximum atomic E-state index is 12.7. The molecule has 5 heteroatoms. The maximum absolute atomic E-state index is 12.7. The number of rotatable bonds is 4. The van der Waals surface area contributed by atoms with E-state index in [0.29, 0.717) is 18.3 Å². The molecule has 1 fully saturated rings. The lowest BCUT2D eigenvalue weighted by molar-refractivity contribution is 0.435. The number of thioether (sulfide) groups is 1. The van der Waals surface area contributed by atoms with E-state index in [1.807, 2.05) is 49.0 Å². The number of benzene rings is 2. The molecule has 0 radical (unpaired) electrons. The van der Waals surface area contributed by atoms with E-state index in [0.717, 1.165) is 23.3 Å². The van der Waals surface area contributed by atoms with E-state index in [2.05, 4.69) is 25.1 Å². The molecule has 1 aliphatic rings. The van der Waals surface area contributed by atoms with Crippen molar-refractivity contribution in [1.82, 2.24) is 4.31 Å². The Kier molecular flexibility index (Phi) is 6.22. The second kappa shape index (κ2) is 8.42. The molecule has 1 heterocycles. The molecule has 0 saturated carbocycles. The summed E-state index contributed by atoms with van der Waals surface area (Å²) in [7, 11) is -3.39. The minimum atomic E-state index is -3.39. The number of sulfonamides is 1. The SMILES string of the molecule is Cc1ccc(/C=C/S(=O)(=O)N2CCSC(c3ccccc3C)CC2)cc1. The van der Waals surface area contributed by atoms with Gasteiger partial charge in [-0.05, 0) is 43.0 Å². The molecular formula is C21H25NO2S2. The van der Waals surface area contributed by atoms with Gasteiger partial charge < -0.3 is 0 Å². The van der Waals surface area contributed by atoms with Crippen molar-refractivity contribution in [2.24, 2.45) is 0 Å². The average molecular weight is 388 g/mol. The van der Waals surface area contributed by atoms with E-state index in [-0.39, 0.29) is 0 Å². The Morgan fingerprint density at radius 1 is 1.04 bits per heavy atom. The molecule has 138 valence electrons. The molecule has 0 N–H and O–H groups in total. The smallest absolute Gasteiger partial charge is 0.208 e. The fraction of sp³-hybridized carbons (Fsp3) is 0.333. The van der Waals surface area contributed by atoms with Gasteiger partial charge in [0.25, 0.3) is 0 Å². The molecule has 0 amide bonds. The molecule has 26 heavy (non-hydrogen) atoms. The van der Waals surface area contributed by atoms with E-state index in [1.165, 1.54) is 16.5 Å². The van der Waals surface area contributed by atoms with Crippen molar-refractivity contribution in [3.05, 3.63) is 76.2 Å². The van der Waals surface area contributed by atoms with Gasteiger partial charge >= 0.3 is 0 Å². The number of aryl methyl sites for hydroxylation is 2. The molecule has 2 aromatic carbocycles. The predicted octanol–water partition coefficient (Wildman–Crippen LogP) is 4.78. The summed E-state index contributed by atoms with van der Waals surface area (Å²) >= 11 is 1.86. The normalized spacial score (nSPS) is 19.5. The van der Waals surface area contributed by atoms with Crippen LogP contribution in [0, 0.1) is 13.8 Å². The van der Waals surface area contributed by atoms with Crippen molar-refractivity contribution in [1.29, 1.82) is 0 Å². The predicted molar refractivity (Wildman–Crippen MR) is 112 cm³/mol. The lowest BCUT2D eigenvalue weighted by Gasteiger charge is -2.18. The molecule has 3 rings (SSSR count). The van der Waals surface area contributed by atoms with E-state index >= 15 is 0 Å². The van der Waals surface area contributed by atoms with Crippen molar-refractivity contribution < 1.29 is 8.42 Å². The minimum Gasteiger partial charge on any atom is -0.208 e. The zero-order valence-corrected chi connectivity index (χ0v) is 16.9. The fourth-order valence-corrected chi connectivity index (χ4v) is 5.78. The quantitative estimate of drug-likeness (QED) is 0.757. The van der Waals surface area contributed by atoms with Gasteiger partial charge in [-0.2, -0.15) is 16.1 Å². The largest absolute Gasteiger partial charge is 0.236 e. The van der Waals surface area contributed by atoms with Crippen molar-refractivity contribution in [2.75, 3.05) is 18.8 Å². The van der Waals surface area contributed by atoms with E-state index < -0.39 is 10.0 Å². The van der Waals surface area contributed by atoms with Crippen molar-refractivity contribution >= 4 is 27.9 Å². The summed E-state index contributed by atoms with van der Waals surface area (Å²) in [5.41, 5.74) is 4.67.